The van der Waals surface area contributed by atoms with Crippen LogP contribution in [0, 0.1) is 5.92 Å². The van der Waals surface area contributed by atoms with E-state index in [0.29, 0.717) is 18.6 Å². The van der Waals surface area contributed by atoms with Gasteiger partial charge in [-0.2, -0.15) is 0 Å². The molecule has 116 valence electrons. The quantitative estimate of drug-likeness (QED) is 0.808. The summed E-state index contributed by atoms with van der Waals surface area (Å²) in [4.78, 5) is 12.3. The zero-order valence-electron chi connectivity index (χ0n) is 13.2. The molecule has 0 amide bonds. The average molecular weight is 289 g/mol. The number of nitrogens with one attached hydrogen (secondary N) is 1. The van der Waals surface area contributed by atoms with Crippen molar-refractivity contribution in [1.29, 1.82) is 0 Å². The van der Waals surface area contributed by atoms with Crippen LogP contribution >= 0.6 is 0 Å². The Balaban J connectivity index is 2.06. The van der Waals surface area contributed by atoms with Crippen LogP contribution in [0.5, 0.6) is 0 Å². The largest absolute Gasteiger partial charge is 0.465 e. The summed E-state index contributed by atoms with van der Waals surface area (Å²) >= 11 is 0. The molecule has 2 atom stereocenters. The maximum Gasteiger partial charge on any atom is 0.327 e. The van der Waals surface area contributed by atoms with Gasteiger partial charge < -0.3 is 4.74 Å². The summed E-state index contributed by atoms with van der Waals surface area (Å²) in [7, 11) is 0. The summed E-state index contributed by atoms with van der Waals surface area (Å²) in [5.74, 6) is 0.491. The zero-order chi connectivity index (χ0) is 15.1. The van der Waals surface area contributed by atoms with Gasteiger partial charge in [0.15, 0.2) is 0 Å². The van der Waals surface area contributed by atoms with Gasteiger partial charge in [-0.1, -0.05) is 49.6 Å². The maximum atomic E-state index is 12.3. The fourth-order valence-corrected chi connectivity index (χ4v) is 3.20. The number of hydrogen-bond acceptors (Lipinski definition) is 3. The van der Waals surface area contributed by atoms with Crippen LogP contribution in [0.25, 0.3) is 0 Å². The molecule has 0 spiro atoms. The highest BCUT2D eigenvalue weighted by Gasteiger charge is 2.27. The first kappa shape index (κ1) is 16.0. The predicted molar refractivity (Wildman–Crippen MR) is 85.0 cm³/mol. The van der Waals surface area contributed by atoms with Crippen LogP contribution in [0.3, 0.4) is 0 Å². The van der Waals surface area contributed by atoms with Gasteiger partial charge in [0.25, 0.3) is 0 Å². The molecule has 0 radical (unpaired) electrons. The van der Waals surface area contributed by atoms with Crippen LogP contribution in [0.4, 0.5) is 0 Å². The number of carbonyl (C=O) groups excluding carboxylic acids is 1. The van der Waals surface area contributed by atoms with Gasteiger partial charge in [0.05, 0.1) is 6.61 Å². The van der Waals surface area contributed by atoms with Crippen molar-refractivity contribution in [2.75, 3.05) is 6.61 Å². The molecule has 1 fully saturated rings. The summed E-state index contributed by atoms with van der Waals surface area (Å²) in [6, 6.07) is 9.85. The van der Waals surface area contributed by atoms with Crippen molar-refractivity contribution in [2.24, 2.45) is 5.92 Å². The summed E-state index contributed by atoms with van der Waals surface area (Å²) in [6.45, 7) is 4.47. The monoisotopic (exact) mass is 289 g/mol. The minimum atomic E-state index is -0.358. The average Bonchev–Trinajstić information content (AvgIpc) is 2.54. The summed E-state index contributed by atoms with van der Waals surface area (Å²) < 4.78 is 5.25. The smallest absolute Gasteiger partial charge is 0.327 e. The highest BCUT2D eigenvalue weighted by Crippen LogP contribution is 2.28. The maximum absolute atomic E-state index is 12.3. The van der Waals surface area contributed by atoms with E-state index in [9.17, 15) is 4.79 Å². The van der Waals surface area contributed by atoms with Crippen LogP contribution in [-0.4, -0.2) is 18.6 Å². The number of benzene rings is 1. The molecule has 0 aromatic heterocycles. The van der Waals surface area contributed by atoms with Crippen LogP contribution in [0.2, 0.25) is 0 Å². The van der Waals surface area contributed by atoms with E-state index < -0.39 is 0 Å². The lowest BCUT2D eigenvalue weighted by Gasteiger charge is -2.31. The van der Waals surface area contributed by atoms with Gasteiger partial charge in [-0.25, -0.2) is 4.79 Å². The first-order valence-corrected chi connectivity index (χ1v) is 8.20. The molecule has 1 aromatic rings. The molecule has 21 heavy (non-hydrogen) atoms. The lowest BCUT2D eigenvalue weighted by Crippen LogP contribution is -2.41. The number of hydrogen-bond donors (Lipinski definition) is 1. The van der Waals surface area contributed by atoms with E-state index in [1.807, 2.05) is 37.3 Å². The van der Waals surface area contributed by atoms with Crippen molar-refractivity contribution in [2.45, 2.75) is 58.0 Å². The minimum absolute atomic E-state index is 0.175. The van der Waals surface area contributed by atoms with Gasteiger partial charge in [0.2, 0.25) is 0 Å². The van der Waals surface area contributed by atoms with E-state index in [0.717, 1.165) is 5.56 Å². The van der Waals surface area contributed by atoms with Crippen molar-refractivity contribution in [1.82, 2.24) is 5.32 Å². The molecule has 1 unspecified atom stereocenters. The molecule has 3 heteroatoms. The first-order valence-electron chi connectivity index (χ1n) is 8.20. The van der Waals surface area contributed by atoms with Crippen molar-refractivity contribution >= 4 is 5.97 Å². The van der Waals surface area contributed by atoms with Crippen LogP contribution in [0.1, 0.15) is 57.6 Å². The zero-order valence-corrected chi connectivity index (χ0v) is 13.2. The topological polar surface area (TPSA) is 38.3 Å². The number of rotatable bonds is 6. The Morgan fingerprint density at radius 3 is 2.52 bits per heavy atom. The van der Waals surface area contributed by atoms with Crippen LogP contribution in [0.15, 0.2) is 30.3 Å². The predicted octanol–water partition coefficient (Wildman–Crippen LogP) is 3.85. The molecule has 2 rings (SSSR count). The Morgan fingerprint density at radius 2 is 1.90 bits per heavy atom. The van der Waals surface area contributed by atoms with Gasteiger partial charge in [0.1, 0.15) is 6.04 Å². The third kappa shape index (κ3) is 4.57. The molecule has 1 saturated carbocycles. The normalized spacial score (nSPS) is 19.0. The highest BCUT2D eigenvalue weighted by molar-refractivity contribution is 5.77. The van der Waals surface area contributed by atoms with Crippen molar-refractivity contribution in [3.63, 3.8) is 0 Å². The number of ether oxygens (including phenoxy) is 1. The Bertz CT molecular complexity index is 426. The summed E-state index contributed by atoms with van der Waals surface area (Å²) in [6.07, 6.45) is 6.50. The first-order chi connectivity index (χ1) is 10.2. The van der Waals surface area contributed by atoms with Crippen molar-refractivity contribution in [3.8, 4) is 0 Å². The van der Waals surface area contributed by atoms with Crippen LogP contribution in [-0.2, 0) is 9.53 Å². The molecule has 1 aliphatic carbocycles. The van der Waals surface area contributed by atoms with E-state index in [4.69, 9.17) is 4.74 Å². The lowest BCUT2D eigenvalue weighted by molar-refractivity contribution is -0.146. The fraction of sp³-hybridized carbons (Fsp3) is 0.611. The fourth-order valence-electron chi connectivity index (χ4n) is 3.20. The van der Waals surface area contributed by atoms with E-state index in [-0.39, 0.29) is 12.0 Å². The minimum Gasteiger partial charge on any atom is -0.465 e. The molecule has 0 heterocycles. The van der Waals surface area contributed by atoms with E-state index >= 15 is 0 Å². The van der Waals surface area contributed by atoms with Gasteiger partial charge in [-0.3, -0.25) is 5.32 Å². The third-order valence-corrected chi connectivity index (χ3v) is 4.44. The molecule has 1 aliphatic rings. The second-order valence-corrected chi connectivity index (χ2v) is 5.95. The van der Waals surface area contributed by atoms with E-state index in [1.54, 1.807) is 0 Å². The Morgan fingerprint density at radius 1 is 1.24 bits per heavy atom. The van der Waals surface area contributed by atoms with Gasteiger partial charge in [-0.15, -0.1) is 0 Å². The molecule has 1 N–H and O–H groups in total. The Kier molecular flexibility index (Phi) is 6.24. The SMILES string of the molecule is CCOC(=O)C(N[C@H](C)C1CCCCC1)c1ccccc1. The van der Waals surface area contributed by atoms with Crippen LogP contribution < -0.4 is 5.32 Å². The van der Waals surface area contributed by atoms with Crippen molar-refractivity contribution in [3.05, 3.63) is 35.9 Å². The summed E-state index contributed by atoms with van der Waals surface area (Å²) in [5.41, 5.74) is 0.985. The third-order valence-electron chi connectivity index (χ3n) is 4.44. The second-order valence-electron chi connectivity index (χ2n) is 5.95. The van der Waals surface area contributed by atoms with E-state index in [2.05, 4.69) is 12.2 Å². The standard InChI is InChI=1S/C18H27NO2/c1-3-21-18(20)17(16-12-8-5-9-13-16)19-14(2)15-10-6-4-7-11-15/h5,8-9,12-15,17,19H,3-4,6-7,10-11H2,1-2H3/t14-,17?/m1/s1. The Labute approximate surface area is 128 Å². The number of carbonyl (C=O) groups is 1. The molecule has 0 aliphatic heterocycles. The molecule has 3 nitrogen and oxygen atoms in total. The van der Waals surface area contributed by atoms with Gasteiger partial charge in [-0.05, 0) is 38.2 Å². The molecule has 0 bridgehead atoms. The molecular formula is C18H27NO2. The van der Waals surface area contributed by atoms with Gasteiger partial charge >= 0.3 is 5.97 Å². The highest BCUT2D eigenvalue weighted by atomic mass is 16.5. The summed E-state index contributed by atoms with van der Waals surface area (Å²) in [5, 5.41) is 3.51. The second kappa shape index (κ2) is 8.18. The molecule has 1 aromatic carbocycles. The van der Waals surface area contributed by atoms with Crippen molar-refractivity contribution < 1.29 is 9.53 Å². The van der Waals surface area contributed by atoms with Gasteiger partial charge in [0, 0.05) is 6.04 Å². The lowest BCUT2D eigenvalue weighted by atomic mass is 9.84. The Hall–Kier alpha value is -1.35. The molecule has 0 saturated heterocycles. The number of esters is 1. The van der Waals surface area contributed by atoms with E-state index in [1.165, 1.54) is 32.1 Å². The molecular weight excluding hydrogens is 262 g/mol.